The molecule has 0 saturated heterocycles. The van der Waals surface area contributed by atoms with E-state index in [2.05, 4.69) is 20.6 Å². The summed E-state index contributed by atoms with van der Waals surface area (Å²) in [6.45, 7) is 2.73. The van der Waals surface area contributed by atoms with E-state index < -0.39 is 36.5 Å². The van der Waals surface area contributed by atoms with Gasteiger partial charge in [0.1, 0.15) is 0 Å². The summed E-state index contributed by atoms with van der Waals surface area (Å²) >= 11 is 0. The Morgan fingerprint density at radius 1 is 1.07 bits per heavy atom. The normalized spacial score (nSPS) is 12.0. The number of hydrogen-bond donors (Lipinski definition) is 9. The van der Waals surface area contributed by atoms with Crippen LogP contribution < -0.4 is 16.4 Å². The number of amides is 3. The summed E-state index contributed by atoms with van der Waals surface area (Å²) in [5, 5.41) is 60.1. The summed E-state index contributed by atoms with van der Waals surface area (Å²) in [6, 6.07) is 7.21. The van der Waals surface area contributed by atoms with E-state index in [1.54, 1.807) is 19.1 Å². The van der Waals surface area contributed by atoms with Crippen molar-refractivity contribution in [1.82, 2.24) is 25.1 Å². The highest BCUT2D eigenvalue weighted by Gasteiger charge is 2.43. The first-order chi connectivity index (χ1) is 19.0. The van der Waals surface area contributed by atoms with Gasteiger partial charge in [-0.3, -0.25) is 14.4 Å². The quantitative estimate of drug-likeness (QED) is 0.0822. The van der Waals surface area contributed by atoms with Gasteiger partial charge in [0.25, 0.3) is 5.91 Å². The third-order valence-electron chi connectivity index (χ3n) is 5.69. The summed E-state index contributed by atoms with van der Waals surface area (Å²) in [5.41, 5.74) is 8.33. The molecule has 1 aromatic carbocycles. The second-order valence-corrected chi connectivity index (χ2v) is 9.00. The predicted octanol–water partition coefficient (Wildman–Crippen LogP) is -2.66. The number of benzene rings is 1. The minimum Gasteiger partial charge on any atom is -0.364 e. The van der Waals surface area contributed by atoms with Gasteiger partial charge in [0.2, 0.25) is 11.8 Å². The summed E-state index contributed by atoms with van der Waals surface area (Å²) < 4.78 is 0. The van der Waals surface area contributed by atoms with E-state index in [1.807, 2.05) is 19.1 Å². The molecule has 2 rings (SSSR count). The fourth-order valence-electron chi connectivity index (χ4n) is 3.62. The van der Waals surface area contributed by atoms with Gasteiger partial charge in [0.05, 0.1) is 17.9 Å². The topological polar surface area (TPSA) is 255 Å². The van der Waals surface area contributed by atoms with Gasteiger partial charge in [0, 0.05) is 31.9 Å². The molecule has 41 heavy (non-hydrogen) atoms. The number of hydrogen-bond acceptors (Lipinski definition) is 13. The van der Waals surface area contributed by atoms with Crippen LogP contribution in [0.1, 0.15) is 34.4 Å². The molecule has 0 atom stereocenters. The van der Waals surface area contributed by atoms with Gasteiger partial charge in [-0.05, 0) is 37.5 Å². The molecule has 0 aliphatic heterocycles. The zero-order valence-electron chi connectivity index (χ0n) is 22.8. The van der Waals surface area contributed by atoms with Gasteiger partial charge < -0.3 is 51.9 Å². The Kier molecular flexibility index (Phi) is 11.4. The fourth-order valence-corrected chi connectivity index (χ4v) is 3.62. The predicted molar refractivity (Wildman–Crippen MR) is 143 cm³/mol. The number of aromatic nitrogens is 2. The molecule has 10 N–H and O–H groups in total. The Morgan fingerprint density at radius 2 is 1.73 bits per heavy atom. The van der Waals surface area contributed by atoms with Crippen molar-refractivity contribution >= 4 is 29.2 Å². The van der Waals surface area contributed by atoms with Crippen LogP contribution in [0.3, 0.4) is 0 Å². The van der Waals surface area contributed by atoms with Crippen LogP contribution in [0.5, 0.6) is 0 Å². The number of nitrogens with two attached hydrogens (primary N) is 1. The van der Waals surface area contributed by atoms with Gasteiger partial charge in [-0.25, -0.2) is 9.97 Å². The molecule has 0 radical (unpaired) electrons. The number of carbonyl (C=O) groups is 3. The molecule has 0 fully saturated rings. The van der Waals surface area contributed by atoms with Gasteiger partial charge in [0.15, 0.2) is 11.5 Å². The maximum Gasteiger partial charge on any atom is 0.352 e. The number of aliphatic hydroxyl groups is 6. The van der Waals surface area contributed by atoms with Crippen LogP contribution >= 0.6 is 0 Å². The number of anilines is 2. The van der Waals surface area contributed by atoms with Crippen molar-refractivity contribution in [3.05, 3.63) is 59.1 Å². The third-order valence-corrected chi connectivity index (χ3v) is 5.69. The van der Waals surface area contributed by atoms with E-state index in [0.29, 0.717) is 29.9 Å². The summed E-state index contributed by atoms with van der Waals surface area (Å²) in [4.78, 5) is 45.8. The Balaban J connectivity index is 1.90. The van der Waals surface area contributed by atoms with Crippen molar-refractivity contribution < 1.29 is 45.0 Å². The molecule has 0 aliphatic rings. The summed E-state index contributed by atoms with van der Waals surface area (Å²) in [6.07, 6.45) is -4.81. The molecule has 0 saturated carbocycles. The molecule has 1 heterocycles. The lowest BCUT2D eigenvalue weighted by Gasteiger charge is -2.34. The molecule has 16 nitrogen and oxygen atoms in total. The highest BCUT2D eigenvalue weighted by atomic mass is 16.8. The fraction of sp³-hybridized carbons (Fsp3) is 0.400. The van der Waals surface area contributed by atoms with Crippen LogP contribution in [-0.4, -0.2) is 107 Å². The lowest BCUT2D eigenvalue weighted by molar-refractivity contribution is -0.507. The Hall–Kier alpha value is -4.03. The SMILES string of the molecule is CCc1nc(C(N)=O)c(Nc2cccc(CCNC(=O)CN(C)C(=O)/C=C/CN(C(O)(O)O)C(O)(O)O)c2)nc1C. The number of aryl methyl sites for hydroxylation is 2. The molecule has 16 heteroatoms. The zero-order valence-corrected chi connectivity index (χ0v) is 22.8. The second-order valence-electron chi connectivity index (χ2n) is 9.00. The number of rotatable bonds is 14. The maximum absolute atomic E-state index is 12.3. The highest BCUT2D eigenvalue weighted by molar-refractivity contribution is 5.96. The van der Waals surface area contributed by atoms with Crippen molar-refractivity contribution in [2.45, 2.75) is 38.9 Å². The molecule has 0 aliphatic carbocycles. The van der Waals surface area contributed by atoms with E-state index in [4.69, 9.17) is 36.4 Å². The van der Waals surface area contributed by atoms with E-state index in [9.17, 15) is 14.4 Å². The minimum absolute atomic E-state index is 0.0301. The van der Waals surface area contributed by atoms with Crippen molar-refractivity contribution in [2.24, 2.45) is 5.73 Å². The number of primary amides is 1. The molecular formula is C25H35N7O9. The first kappa shape index (κ1) is 33.2. The smallest absolute Gasteiger partial charge is 0.352 e. The Labute approximate surface area is 235 Å². The number of nitrogens with zero attached hydrogens (tertiary/aromatic N) is 4. The zero-order chi connectivity index (χ0) is 31.0. The number of nitrogens with one attached hydrogen (secondary N) is 2. The molecule has 0 unspecified atom stereocenters. The molecule has 3 amide bonds. The summed E-state index contributed by atoms with van der Waals surface area (Å²) in [5.74, 6) is -1.66. The van der Waals surface area contributed by atoms with Crippen LogP contribution in [0.25, 0.3) is 0 Å². The molecule has 2 aromatic rings. The molecule has 1 aromatic heterocycles. The van der Waals surface area contributed by atoms with E-state index in [1.165, 1.54) is 7.05 Å². The second kappa shape index (κ2) is 14.0. The van der Waals surface area contributed by atoms with Crippen LogP contribution in [0.2, 0.25) is 0 Å². The van der Waals surface area contributed by atoms with E-state index in [-0.39, 0.29) is 29.5 Å². The highest BCUT2D eigenvalue weighted by Crippen LogP contribution is 2.21. The van der Waals surface area contributed by atoms with Gasteiger partial charge in [-0.1, -0.05) is 25.1 Å². The first-order valence-electron chi connectivity index (χ1n) is 12.4. The van der Waals surface area contributed by atoms with Crippen molar-refractivity contribution in [3.8, 4) is 0 Å². The number of likely N-dealkylation sites (N-methyl/N-ethyl adjacent to an activating group) is 1. The van der Waals surface area contributed by atoms with E-state index in [0.717, 1.165) is 22.6 Å². The summed E-state index contributed by atoms with van der Waals surface area (Å²) in [7, 11) is 1.32. The number of carbonyl (C=O) groups excluding carboxylic acids is 3. The molecule has 0 bridgehead atoms. The largest absolute Gasteiger partial charge is 0.364 e. The van der Waals surface area contributed by atoms with Crippen molar-refractivity contribution in [2.75, 3.05) is 32.0 Å². The average molecular weight is 578 g/mol. The molecule has 224 valence electrons. The molecule has 0 spiro atoms. The Bertz CT molecular complexity index is 1260. The monoisotopic (exact) mass is 577 g/mol. The Morgan fingerprint density at radius 3 is 2.32 bits per heavy atom. The standard InChI is InChI=1S/C25H35N7O9/c1-4-18-15(2)28-23(21(30-18)22(26)35)29-17-8-5-7-16(13-17)10-11-27-19(33)14-31(3)20(34)9-6-12-32(24(36,37)38)25(39,40)41/h5-9,13,36-41H,4,10-12,14H2,1-3H3,(H2,26,35)(H,27,33)(H,28,29)/b9-6+. The van der Waals surface area contributed by atoms with Crippen molar-refractivity contribution in [1.29, 1.82) is 0 Å². The van der Waals surface area contributed by atoms with Crippen LogP contribution in [0.4, 0.5) is 11.5 Å². The minimum atomic E-state index is -3.80. The lowest BCUT2D eigenvalue weighted by Crippen LogP contribution is -2.61. The maximum atomic E-state index is 12.3. The van der Waals surface area contributed by atoms with Gasteiger partial charge >= 0.3 is 12.2 Å². The van der Waals surface area contributed by atoms with E-state index >= 15 is 0 Å². The lowest BCUT2D eigenvalue weighted by atomic mass is 10.1. The van der Waals surface area contributed by atoms with Crippen LogP contribution in [0, 0.1) is 6.92 Å². The first-order valence-corrected chi connectivity index (χ1v) is 12.4. The van der Waals surface area contributed by atoms with Gasteiger partial charge in [-0.2, -0.15) is 0 Å². The van der Waals surface area contributed by atoms with Crippen LogP contribution in [0.15, 0.2) is 36.4 Å². The third kappa shape index (κ3) is 10.1. The molecular weight excluding hydrogens is 542 g/mol. The van der Waals surface area contributed by atoms with Gasteiger partial charge in [-0.15, -0.1) is 4.90 Å². The van der Waals surface area contributed by atoms with Crippen LogP contribution in [-0.2, 0) is 22.4 Å². The van der Waals surface area contributed by atoms with Crippen molar-refractivity contribution in [3.63, 3.8) is 0 Å². The average Bonchev–Trinajstić information content (AvgIpc) is 2.85.